The first-order chi connectivity index (χ1) is 11.0. The largest absolute Gasteiger partial charge is 0.428 e. The number of alkyl carbamates (subject to hydrolysis) is 1. The molecule has 0 unspecified atom stereocenters. The second-order valence-electron chi connectivity index (χ2n) is 5.24. The van der Waals surface area contributed by atoms with Crippen LogP contribution in [0.4, 0.5) is 4.79 Å². The van der Waals surface area contributed by atoms with Gasteiger partial charge in [0, 0.05) is 0 Å². The number of aliphatic hydroxyl groups is 1. The monoisotopic (exact) mass is 501 g/mol. The molecule has 25 heavy (non-hydrogen) atoms. The number of carbonyl (C=O) groups excluding carboxylic acids is 1. The van der Waals surface area contributed by atoms with Crippen LogP contribution in [0.15, 0.2) is 0 Å². The van der Waals surface area contributed by atoms with Crippen LogP contribution in [0.3, 0.4) is 0 Å². The number of nitrogens with one attached hydrogen (secondary N) is 1. The van der Waals surface area contributed by atoms with E-state index in [2.05, 4.69) is 0 Å². The van der Waals surface area contributed by atoms with Crippen molar-refractivity contribution in [1.82, 2.24) is 5.32 Å². The van der Waals surface area contributed by atoms with Gasteiger partial charge in [-0.15, -0.1) is 0 Å². The molecule has 1 amide bonds. The molecule has 0 fully saturated rings. The first-order valence-corrected chi connectivity index (χ1v) is 10.6. The van der Waals surface area contributed by atoms with Crippen molar-refractivity contribution in [2.24, 2.45) is 0 Å². The first-order valence-electron chi connectivity index (χ1n) is 6.74. The topological polar surface area (TPSA) is 94.1 Å². The Kier molecular flexibility index (Phi) is 10.5. The van der Waals surface area contributed by atoms with Crippen LogP contribution in [-0.2, 0) is 18.3 Å². The maximum Gasteiger partial charge on any atom is 0.410 e. The van der Waals surface area contributed by atoms with Crippen molar-refractivity contribution in [2.45, 2.75) is 59.6 Å². The highest BCUT2D eigenvalue weighted by atomic mass is 35.6. The Labute approximate surface area is 176 Å². The van der Waals surface area contributed by atoms with Crippen molar-refractivity contribution in [3.63, 3.8) is 0 Å². The van der Waals surface area contributed by atoms with Gasteiger partial charge in [0.15, 0.2) is 6.23 Å². The van der Waals surface area contributed by atoms with Crippen molar-refractivity contribution >= 4 is 83.3 Å². The molecule has 14 heteroatoms. The molecule has 150 valence electrons. The SMILES string of the molecule is CC(C)OP(=O)(OC(C)C)[C@H](OC(=O)N[C@@H](O)C(Cl)(Cl)Cl)C(Cl)(Cl)Cl. The molecule has 0 aliphatic carbocycles. The number of halogens is 6. The zero-order chi connectivity index (χ0) is 20.2. The normalized spacial score (nSPS) is 16.0. The Hall–Kier alpha value is 1.12. The van der Waals surface area contributed by atoms with Gasteiger partial charge < -0.3 is 18.9 Å². The maximum atomic E-state index is 13.1. The number of ether oxygens (including phenoxy) is 1. The molecule has 0 spiro atoms. The zero-order valence-corrected chi connectivity index (χ0v) is 18.9. The molecule has 0 radical (unpaired) electrons. The lowest BCUT2D eigenvalue weighted by Gasteiger charge is -2.33. The maximum absolute atomic E-state index is 13.1. The zero-order valence-electron chi connectivity index (χ0n) is 13.5. The number of carbonyl (C=O) groups is 1. The fraction of sp³-hybridized carbons (Fsp3) is 0.909. The summed E-state index contributed by atoms with van der Waals surface area (Å²) < 4.78 is 23.8. The highest BCUT2D eigenvalue weighted by molar-refractivity contribution is 7.55. The van der Waals surface area contributed by atoms with E-state index >= 15 is 0 Å². The summed E-state index contributed by atoms with van der Waals surface area (Å²) in [4.78, 5) is 11.9. The van der Waals surface area contributed by atoms with E-state index in [1.165, 1.54) is 0 Å². The standard InChI is InChI=1S/C11H18Cl6NO6P/c1-5(2)23-25(21,24-6(3)4)8(11(15,16)17)22-9(20)18-7(19)10(12,13)14/h5-8,19H,1-4H3,(H,18,20)/t7-,8-/m0/s1. The van der Waals surface area contributed by atoms with Crippen LogP contribution in [0.25, 0.3) is 0 Å². The van der Waals surface area contributed by atoms with Crippen molar-refractivity contribution in [1.29, 1.82) is 0 Å². The fourth-order valence-corrected chi connectivity index (χ4v) is 4.77. The molecule has 0 aromatic rings. The first kappa shape index (κ1) is 26.1. The predicted molar refractivity (Wildman–Crippen MR) is 100 cm³/mol. The number of rotatable bonds is 7. The van der Waals surface area contributed by atoms with Crippen LogP contribution in [0.2, 0.25) is 0 Å². The van der Waals surface area contributed by atoms with Gasteiger partial charge in [-0.2, -0.15) is 0 Å². The highest BCUT2D eigenvalue weighted by Gasteiger charge is 2.53. The van der Waals surface area contributed by atoms with Crippen molar-refractivity contribution in [3.05, 3.63) is 0 Å². The van der Waals surface area contributed by atoms with E-state index in [1.807, 2.05) is 0 Å². The number of amides is 1. The molecule has 0 bridgehead atoms. The Morgan fingerprint density at radius 1 is 0.960 bits per heavy atom. The van der Waals surface area contributed by atoms with Gasteiger partial charge in [-0.3, -0.25) is 9.88 Å². The van der Waals surface area contributed by atoms with Gasteiger partial charge in [0.1, 0.15) is 0 Å². The van der Waals surface area contributed by atoms with Gasteiger partial charge >= 0.3 is 13.7 Å². The molecule has 7 nitrogen and oxygen atoms in total. The molecule has 0 heterocycles. The van der Waals surface area contributed by atoms with Crippen molar-refractivity contribution < 1.29 is 28.3 Å². The molecule has 2 atom stereocenters. The predicted octanol–water partition coefficient (Wildman–Crippen LogP) is 5.14. The summed E-state index contributed by atoms with van der Waals surface area (Å²) in [7, 11) is -4.26. The lowest BCUT2D eigenvalue weighted by Crippen LogP contribution is -2.46. The van der Waals surface area contributed by atoms with Crippen LogP contribution < -0.4 is 5.32 Å². The van der Waals surface area contributed by atoms with Crippen LogP contribution >= 0.6 is 77.2 Å². The summed E-state index contributed by atoms with van der Waals surface area (Å²) in [6.07, 6.45) is -4.55. The fourth-order valence-electron chi connectivity index (χ4n) is 1.36. The summed E-state index contributed by atoms with van der Waals surface area (Å²) in [5.74, 6) is -1.96. The van der Waals surface area contributed by atoms with Crippen LogP contribution in [0, 0.1) is 0 Å². The number of aliphatic hydroxyl groups excluding tert-OH is 1. The third-order valence-corrected chi connectivity index (χ3v) is 6.24. The van der Waals surface area contributed by atoms with Crippen LogP contribution in [0.5, 0.6) is 0 Å². The van der Waals surface area contributed by atoms with E-state index < -0.39 is 45.6 Å². The second-order valence-corrected chi connectivity index (χ2v) is 11.9. The lowest BCUT2D eigenvalue weighted by atomic mass is 10.5. The van der Waals surface area contributed by atoms with Crippen LogP contribution in [-0.4, -0.2) is 43.1 Å². The molecule has 0 aliphatic heterocycles. The Balaban J connectivity index is 5.54. The number of hydrogen-bond donors (Lipinski definition) is 2. The Bertz CT molecular complexity index is 480. The third kappa shape index (κ3) is 9.74. The highest BCUT2D eigenvalue weighted by Crippen LogP contribution is 2.61. The van der Waals surface area contributed by atoms with E-state index in [-0.39, 0.29) is 0 Å². The van der Waals surface area contributed by atoms with E-state index in [1.54, 1.807) is 33.0 Å². The summed E-state index contributed by atoms with van der Waals surface area (Å²) in [5.41, 5.74) is 0. The van der Waals surface area contributed by atoms with Gasteiger partial charge in [-0.05, 0) is 27.7 Å². The Morgan fingerprint density at radius 3 is 1.64 bits per heavy atom. The minimum absolute atomic E-state index is 0.613. The lowest BCUT2D eigenvalue weighted by molar-refractivity contribution is 0.0652. The molecule has 0 rings (SSSR count). The third-order valence-electron chi connectivity index (χ3n) is 2.07. The van der Waals surface area contributed by atoms with E-state index in [0.29, 0.717) is 0 Å². The smallest absolute Gasteiger partial charge is 0.410 e. The van der Waals surface area contributed by atoms with Crippen molar-refractivity contribution in [3.8, 4) is 0 Å². The molecular weight excluding hydrogens is 486 g/mol. The van der Waals surface area contributed by atoms with Gasteiger partial charge in [0.05, 0.1) is 12.2 Å². The molecule has 2 N–H and O–H groups in total. The van der Waals surface area contributed by atoms with Crippen LogP contribution in [0.1, 0.15) is 27.7 Å². The summed E-state index contributed by atoms with van der Waals surface area (Å²) >= 11 is 33.6. The second kappa shape index (κ2) is 10.1. The van der Waals surface area contributed by atoms with Gasteiger partial charge in [-0.25, -0.2) is 4.79 Å². The van der Waals surface area contributed by atoms with Gasteiger partial charge in [0.2, 0.25) is 7.59 Å². The molecule has 0 aromatic carbocycles. The van der Waals surface area contributed by atoms with Gasteiger partial charge in [-0.1, -0.05) is 69.6 Å². The average molecular weight is 504 g/mol. The van der Waals surface area contributed by atoms with E-state index in [0.717, 1.165) is 0 Å². The quantitative estimate of drug-likeness (QED) is 0.284. The summed E-state index contributed by atoms with van der Waals surface area (Å²) in [6.45, 7) is 6.22. The summed E-state index contributed by atoms with van der Waals surface area (Å²) in [6, 6.07) is 0. The van der Waals surface area contributed by atoms with Crippen molar-refractivity contribution in [2.75, 3.05) is 0 Å². The number of hydrogen-bond acceptors (Lipinski definition) is 6. The molecule has 0 aromatic heterocycles. The van der Waals surface area contributed by atoms with Gasteiger partial charge in [0.25, 0.3) is 5.85 Å². The summed E-state index contributed by atoms with van der Waals surface area (Å²) in [5, 5.41) is 11.3. The molecule has 0 aliphatic rings. The molecular formula is C11H18Cl6NO6P. The minimum atomic E-state index is -4.26. The van der Waals surface area contributed by atoms with E-state index in [9.17, 15) is 14.5 Å². The molecule has 0 saturated heterocycles. The number of alkyl halides is 6. The Morgan fingerprint density at radius 2 is 1.36 bits per heavy atom. The average Bonchev–Trinajstić information content (AvgIpc) is 2.30. The molecule has 0 saturated carbocycles. The van der Waals surface area contributed by atoms with E-state index in [4.69, 9.17) is 83.4 Å². The minimum Gasteiger partial charge on any atom is -0.428 e.